The number of methoxy groups -OCH3 is 1. The molecule has 1 atom stereocenters. The molecule has 0 bridgehead atoms. The molecule has 0 radical (unpaired) electrons. The van der Waals surface area contributed by atoms with E-state index in [4.69, 9.17) is 4.74 Å². The van der Waals surface area contributed by atoms with E-state index < -0.39 is 0 Å². The van der Waals surface area contributed by atoms with Gasteiger partial charge in [0.15, 0.2) is 0 Å². The van der Waals surface area contributed by atoms with Gasteiger partial charge in [0, 0.05) is 11.6 Å². The fourth-order valence-corrected chi connectivity index (χ4v) is 2.48. The zero-order chi connectivity index (χ0) is 15.1. The Morgan fingerprint density at radius 3 is 2.52 bits per heavy atom. The summed E-state index contributed by atoms with van der Waals surface area (Å²) < 4.78 is 19.6. The predicted molar refractivity (Wildman–Crippen MR) is 84.1 cm³/mol. The molecular formula is C18H22FNO. The normalized spacial score (nSPS) is 12.1. The summed E-state index contributed by atoms with van der Waals surface area (Å²) >= 11 is 0. The van der Waals surface area contributed by atoms with Gasteiger partial charge in [-0.05, 0) is 37.1 Å². The lowest BCUT2D eigenvalue weighted by Crippen LogP contribution is -2.25. The van der Waals surface area contributed by atoms with Crippen molar-refractivity contribution in [1.82, 2.24) is 5.32 Å². The first-order valence-corrected chi connectivity index (χ1v) is 7.36. The molecular weight excluding hydrogens is 265 g/mol. The van der Waals surface area contributed by atoms with Crippen molar-refractivity contribution in [2.24, 2.45) is 0 Å². The second kappa shape index (κ2) is 7.79. The summed E-state index contributed by atoms with van der Waals surface area (Å²) in [6.45, 7) is 2.94. The third kappa shape index (κ3) is 4.05. The van der Waals surface area contributed by atoms with Crippen LogP contribution in [0, 0.1) is 5.82 Å². The molecule has 1 unspecified atom stereocenters. The monoisotopic (exact) mass is 287 g/mol. The maximum atomic E-state index is 14.3. The summed E-state index contributed by atoms with van der Waals surface area (Å²) in [5.41, 5.74) is 1.79. The Morgan fingerprint density at radius 2 is 1.86 bits per heavy atom. The molecule has 2 aromatic rings. The summed E-state index contributed by atoms with van der Waals surface area (Å²) in [6.07, 6.45) is 1.74. The molecule has 2 rings (SSSR count). The molecule has 21 heavy (non-hydrogen) atoms. The van der Waals surface area contributed by atoms with Crippen LogP contribution in [0.25, 0.3) is 0 Å². The van der Waals surface area contributed by atoms with Crippen LogP contribution in [0.2, 0.25) is 0 Å². The predicted octanol–water partition coefficient (Wildman–Crippen LogP) is 4.12. The lowest BCUT2D eigenvalue weighted by atomic mass is 9.97. The largest absolute Gasteiger partial charge is 0.496 e. The smallest absolute Gasteiger partial charge is 0.131 e. The van der Waals surface area contributed by atoms with Crippen molar-refractivity contribution in [3.8, 4) is 5.75 Å². The van der Waals surface area contributed by atoms with Crippen LogP contribution in [0.5, 0.6) is 5.75 Å². The van der Waals surface area contributed by atoms with Crippen molar-refractivity contribution < 1.29 is 9.13 Å². The second-order valence-corrected chi connectivity index (χ2v) is 5.05. The van der Waals surface area contributed by atoms with E-state index in [9.17, 15) is 4.39 Å². The van der Waals surface area contributed by atoms with Gasteiger partial charge in [0.1, 0.15) is 11.6 Å². The van der Waals surface area contributed by atoms with Gasteiger partial charge in [-0.25, -0.2) is 4.39 Å². The summed E-state index contributed by atoms with van der Waals surface area (Å²) in [5.74, 6) is 0.374. The SMILES string of the molecule is CCCNC(Cc1ccccc1)c1c(F)cccc1OC. The van der Waals surface area contributed by atoms with Crippen LogP contribution < -0.4 is 10.1 Å². The molecule has 2 nitrogen and oxygen atoms in total. The first-order valence-electron chi connectivity index (χ1n) is 7.36. The minimum Gasteiger partial charge on any atom is -0.496 e. The minimum absolute atomic E-state index is 0.0940. The van der Waals surface area contributed by atoms with E-state index in [1.165, 1.54) is 11.6 Å². The number of hydrogen-bond acceptors (Lipinski definition) is 2. The fraction of sp³-hybridized carbons (Fsp3) is 0.333. The van der Waals surface area contributed by atoms with Gasteiger partial charge >= 0.3 is 0 Å². The van der Waals surface area contributed by atoms with E-state index in [-0.39, 0.29) is 11.9 Å². The Kier molecular flexibility index (Phi) is 5.76. The maximum absolute atomic E-state index is 14.3. The lowest BCUT2D eigenvalue weighted by molar-refractivity contribution is 0.389. The van der Waals surface area contributed by atoms with Crippen LogP contribution in [0.3, 0.4) is 0 Å². The molecule has 0 aliphatic rings. The highest BCUT2D eigenvalue weighted by Crippen LogP contribution is 2.30. The molecule has 2 aromatic carbocycles. The Morgan fingerprint density at radius 1 is 1.10 bits per heavy atom. The van der Waals surface area contributed by atoms with Crippen molar-refractivity contribution in [3.05, 3.63) is 65.5 Å². The highest BCUT2D eigenvalue weighted by molar-refractivity contribution is 5.38. The van der Waals surface area contributed by atoms with Gasteiger partial charge in [-0.2, -0.15) is 0 Å². The van der Waals surface area contributed by atoms with E-state index in [0.29, 0.717) is 11.3 Å². The second-order valence-electron chi connectivity index (χ2n) is 5.05. The summed E-state index contributed by atoms with van der Waals surface area (Å²) in [6, 6.07) is 15.0. The van der Waals surface area contributed by atoms with Crippen LogP contribution in [-0.4, -0.2) is 13.7 Å². The number of halogens is 1. The zero-order valence-electron chi connectivity index (χ0n) is 12.6. The first-order chi connectivity index (χ1) is 10.3. The number of hydrogen-bond donors (Lipinski definition) is 1. The average Bonchev–Trinajstić information content (AvgIpc) is 2.52. The van der Waals surface area contributed by atoms with Gasteiger partial charge in [0.25, 0.3) is 0 Å². The summed E-state index contributed by atoms with van der Waals surface area (Å²) in [7, 11) is 1.58. The van der Waals surface area contributed by atoms with E-state index in [1.807, 2.05) is 24.3 Å². The summed E-state index contributed by atoms with van der Waals surface area (Å²) in [5, 5.41) is 3.43. The fourth-order valence-electron chi connectivity index (χ4n) is 2.48. The quantitative estimate of drug-likeness (QED) is 0.827. The molecule has 112 valence electrons. The molecule has 0 spiro atoms. The average molecular weight is 287 g/mol. The standard InChI is InChI=1S/C18H22FNO/c1-3-12-20-16(13-14-8-5-4-6-9-14)18-15(19)10-7-11-17(18)21-2/h4-11,16,20H,3,12-13H2,1-2H3. The van der Waals surface area contributed by atoms with Crippen molar-refractivity contribution in [1.29, 1.82) is 0 Å². The lowest BCUT2D eigenvalue weighted by Gasteiger charge is -2.22. The Balaban J connectivity index is 2.31. The van der Waals surface area contributed by atoms with Gasteiger partial charge in [-0.15, -0.1) is 0 Å². The van der Waals surface area contributed by atoms with Crippen molar-refractivity contribution in [3.63, 3.8) is 0 Å². The molecule has 0 amide bonds. The molecule has 0 aromatic heterocycles. The number of benzene rings is 2. The topological polar surface area (TPSA) is 21.3 Å². The number of ether oxygens (including phenoxy) is 1. The van der Waals surface area contributed by atoms with Crippen LogP contribution in [0.4, 0.5) is 4.39 Å². The molecule has 0 aliphatic heterocycles. The molecule has 0 fully saturated rings. The van der Waals surface area contributed by atoms with Gasteiger partial charge in [0.2, 0.25) is 0 Å². The van der Waals surface area contributed by atoms with Gasteiger partial charge in [-0.3, -0.25) is 0 Å². The van der Waals surface area contributed by atoms with Gasteiger partial charge in [0.05, 0.1) is 7.11 Å². The van der Waals surface area contributed by atoms with Gasteiger partial charge < -0.3 is 10.1 Å². The molecule has 0 saturated heterocycles. The molecule has 3 heteroatoms. The Hall–Kier alpha value is -1.87. The Labute approximate surface area is 126 Å². The maximum Gasteiger partial charge on any atom is 0.131 e. The van der Waals surface area contributed by atoms with E-state index in [1.54, 1.807) is 13.2 Å². The van der Waals surface area contributed by atoms with Crippen molar-refractivity contribution in [2.45, 2.75) is 25.8 Å². The van der Waals surface area contributed by atoms with Crippen LogP contribution in [-0.2, 0) is 6.42 Å². The third-order valence-electron chi connectivity index (χ3n) is 3.50. The third-order valence-corrected chi connectivity index (χ3v) is 3.50. The number of rotatable bonds is 7. The highest BCUT2D eigenvalue weighted by atomic mass is 19.1. The van der Waals surface area contributed by atoms with E-state index in [2.05, 4.69) is 24.4 Å². The Bertz CT molecular complexity index is 556. The molecule has 0 saturated carbocycles. The van der Waals surface area contributed by atoms with Crippen LogP contribution in [0.1, 0.15) is 30.5 Å². The van der Waals surface area contributed by atoms with Crippen molar-refractivity contribution >= 4 is 0 Å². The first kappa shape index (κ1) is 15.5. The zero-order valence-corrected chi connectivity index (χ0v) is 12.6. The molecule has 0 aliphatic carbocycles. The van der Waals surface area contributed by atoms with E-state index in [0.717, 1.165) is 19.4 Å². The van der Waals surface area contributed by atoms with Crippen LogP contribution >= 0.6 is 0 Å². The van der Waals surface area contributed by atoms with Crippen LogP contribution in [0.15, 0.2) is 48.5 Å². The highest BCUT2D eigenvalue weighted by Gasteiger charge is 2.20. The van der Waals surface area contributed by atoms with E-state index >= 15 is 0 Å². The number of nitrogens with one attached hydrogen (secondary N) is 1. The minimum atomic E-state index is -0.223. The van der Waals surface area contributed by atoms with Gasteiger partial charge in [-0.1, -0.05) is 43.3 Å². The summed E-state index contributed by atoms with van der Waals surface area (Å²) in [4.78, 5) is 0. The molecule has 0 heterocycles. The molecule has 1 N–H and O–H groups in total. The van der Waals surface area contributed by atoms with Crippen molar-refractivity contribution in [2.75, 3.05) is 13.7 Å².